The third-order valence-electron chi connectivity index (χ3n) is 1.95. The zero-order chi connectivity index (χ0) is 9.26. The molecule has 2 aromatic heterocycles. The van der Waals surface area contributed by atoms with Crippen LogP contribution in [0.15, 0.2) is 18.3 Å². The Hall–Kier alpha value is -1.71. The SMILES string of the molecule is Cc1nnc2ccc(CC=O)cn12. The number of rotatable bonds is 2. The summed E-state index contributed by atoms with van der Waals surface area (Å²) in [5.74, 6) is 0.836. The van der Waals surface area contributed by atoms with Gasteiger partial charge in [-0.2, -0.15) is 0 Å². The van der Waals surface area contributed by atoms with Crippen LogP contribution < -0.4 is 0 Å². The van der Waals surface area contributed by atoms with Gasteiger partial charge >= 0.3 is 0 Å². The Morgan fingerprint density at radius 3 is 3.08 bits per heavy atom. The predicted octanol–water partition coefficient (Wildman–Crippen LogP) is 0.779. The van der Waals surface area contributed by atoms with Crippen LogP contribution in [0, 0.1) is 6.92 Å². The van der Waals surface area contributed by atoms with Crippen molar-refractivity contribution >= 4 is 11.9 Å². The average molecular weight is 175 g/mol. The molecule has 0 aliphatic rings. The van der Waals surface area contributed by atoms with Crippen LogP contribution in [-0.2, 0) is 11.2 Å². The largest absolute Gasteiger partial charge is 0.303 e. The maximum absolute atomic E-state index is 10.3. The van der Waals surface area contributed by atoms with Gasteiger partial charge in [0.15, 0.2) is 5.65 Å². The van der Waals surface area contributed by atoms with E-state index in [9.17, 15) is 4.79 Å². The van der Waals surface area contributed by atoms with Crippen LogP contribution in [-0.4, -0.2) is 20.9 Å². The lowest BCUT2D eigenvalue weighted by molar-refractivity contribution is -0.107. The van der Waals surface area contributed by atoms with Crippen LogP contribution in [0.1, 0.15) is 11.4 Å². The molecule has 4 nitrogen and oxygen atoms in total. The molecule has 0 spiro atoms. The molecule has 0 bridgehead atoms. The van der Waals surface area contributed by atoms with Crippen LogP contribution in [0.3, 0.4) is 0 Å². The molecular weight excluding hydrogens is 166 g/mol. The molecule has 0 unspecified atom stereocenters. The van der Waals surface area contributed by atoms with E-state index < -0.39 is 0 Å². The van der Waals surface area contributed by atoms with Gasteiger partial charge in [0.1, 0.15) is 12.1 Å². The Kier molecular flexibility index (Phi) is 1.81. The van der Waals surface area contributed by atoms with Gasteiger partial charge in [-0.05, 0) is 18.6 Å². The molecular formula is C9H9N3O. The Bertz CT molecular complexity index is 447. The van der Waals surface area contributed by atoms with E-state index in [4.69, 9.17) is 0 Å². The topological polar surface area (TPSA) is 47.3 Å². The molecule has 0 N–H and O–H groups in total. The molecule has 0 amide bonds. The molecule has 66 valence electrons. The Balaban J connectivity index is 2.58. The number of pyridine rings is 1. The number of carbonyl (C=O) groups excluding carboxylic acids is 1. The smallest absolute Gasteiger partial charge is 0.160 e. The highest BCUT2D eigenvalue weighted by Gasteiger charge is 2.00. The molecule has 0 fully saturated rings. The Labute approximate surface area is 75.2 Å². The average Bonchev–Trinajstić information content (AvgIpc) is 2.49. The van der Waals surface area contributed by atoms with Crippen molar-refractivity contribution in [3.8, 4) is 0 Å². The van der Waals surface area contributed by atoms with Gasteiger partial charge in [0.05, 0.1) is 0 Å². The quantitative estimate of drug-likeness (QED) is 0.633. The predicted molar refractivity (Wildman–Crippen MR) is 47.5 cm³/mol. The number of carbonyl (C=O) groups is 1. The minimum Gasteiger partial charge on any atom is -0.303 e. The fourth-order valence-electron chi connectivity index (χ4n) is 1.27. The van der Waals surface area contributed by atoms with E-state index in [1.807, 2.05) is 29.7 Å². The van der Waals surface area contributed by atoms with Crippen LogP contribution in [0.25, 0.3) is 5.65 Å². The Morgan fingerprint density at radius 1 is 1.46 bits per heavy atom. The van der Waals surface area contributed by atoms with E-state index in [1.165, 1.54) is 0 Å². The highest BCUT2D eigenvalue weighted by Crippen LogP contribution is 2.05. The van der Waals surface area contributed by atoms with E-state index in [1.54, 1.807) is 0 Å². The number of fused-ring (bicyclic) bond motifs is 1. The molecule has 2 rings (SSSR count). The molecule has 13 heavy (non-hydrogen) atoms. The Morgan fingerprint density at radius 2 is 2.31 bits per heavy atom. The van der Waals surface area contributed by atoms with Gasteiger partial charge in [0.25, 0.3) is 0 Å². The van der Waals surface area contributed by atoms with Gasteiger partial charge < -0.3 is 4.79 Å². The van der Waals surface area contributed by atoms with Crippen molar-refractivity contribution in [3.05, 3.63) is 29.7 Å². The highest BCUT2D eigenvalue weighted by molar-refractivity contribution is 5.55. The number of nitrogens with zero attached hydrogens (tertiary/aromatic N) is 3. The van der Waals surface area contributed by atoms with Crippen molar-refractivity contribution in [1.82, 2.24) is 14.6 Å². The van der Waals surface area contributed by atoms with Crippen molar-refractivity contribution in [2.75, 3.05) is 0 Å². The van der Waals surface area contributed by atoms with E-state index in [-0.39, 0.29) is 0 Å². The second-order valence-electron chi connectivity index (χ2n) is 2.88. The molecule has 2 aromatic rings. The molecule has 0 atom stereocenters. The summed E-state index contributed by atoms with van der Waals surface area (Å²) >= 11 is 0. The summed E-state index contributed by atoms with van der Waals surface area (Å²) in [5, 5.41) is 7.87. The van der Waals surface area contributed by atoms with Gasteiger partial charge in [-0.25, -0.2) is 0 Å². The van der Waals surface area contributed by atoms with Crippen LogP contribution in [0.4, 0.5) is 0 Å². The first-order chi connectivity index (χ1) is 6.31. The van der Waals surface area contributed by atoms with Crippen molar-refractivity contribution in [1.29, 1.82) is 0 Å². The number of aryl methyl sites for hydroxylation is 1. The van der Waals surface area contributed by atoms with E-state index in [0.717, 1.165) is 23.3 Å². The maximum Gasteiger partial charge on any atom is 0.160 e. The third-order valence-corrected chi connectivity index (χ3v) is 1.95. The van der Waals surface area contributed by atoms with Gasteiger partial charge in [-0.15, -0.1) is 10.2 Å². The van der Waals surface area contributed by atoms with Crippen LogP contribution in [0.2, 0.25) is 0 Å². The van der Waals surface area contributed by atoms with Crippen LogP contribution in [0.5, 0.6) is 0 Å². The first-order valence-corrected chi connectivity index (χ1v) is 4.05. The van der Waals surface area contributed by atoms with Crippen molar-refractivity contribution in [3.63, 3.8) is 0 Å². The summed E-state index contributed by atoms with van der Waals surface area (Å²) in [6.07, 6.45) is 3.22. The van der Waals surface area contributed by atoms with Crippen molar-refractivity contribution in [2.24, 2.45) is 0 Å². The zero-order valence-electron chi connectivity index (χ0n) is 7.27. The molecule has 0 radical (unpaired) electrons. The lowest BCUT2D eigenvalue weighted by atomic mass is 10.2. The number of aldehydes is 1. The summed E-state index contributed by atoms with van der Waals surface area (Å²) in [6, 6.07) is 3.75. The van der Waals surface area contributed by atoms with Crippen LogP contribution >= 0.6 is 0 Å². The highest BCUT2D eigenvalue weighted by atomic mass is 16.1. The molecule has 0 aliphatic carbocycles. The number of hydrogen-bond acceptors (Lipinski definition) is 3. The summed E-state index contributed by atoms with van der Waals surface area (Å²) in [6.45, 7) is 1.88. The summed E-state index contributed by atoms with van der Waals surface area (Å²) < 4.78 is 1.87. The first-order valence-electron chi connectivity index (χ1n) is 4.05. The normalized spacial score (nSPS) is 10.5. The molecule has 0 saturated heterocycles. The molecule has 0 aromatic carbocycles. The maximum atomic E-state index is 10.3. The fourth-order valence-corrected chi connectivity index (χ4v) is 1.27. The second kappa shape index (κ2) is 2.97. The third kappa shape index (κ3) is 1.30. The standard InChI is InChI=1S/C9H9N3O/c1-7-10-11-9-3-2-8(4-5-13)6-12(7)9/h2-3,5-6H,4H2,1H3. The number of aromatic nitrogens is 3. The summed E-state index contributed by atoms with van der Waals surface area (Å²) in [7, 11) is 0. The monoisotopic (exact) mass is 175 g/mol. The van der Waals surface area contributed by atoms with Gasteiger partial charge in [0, 0.05) is 12.6 Å². The minimum atomic E-state index is 0.438. The summed E-state index contributed by atoms with van der Waals surface area (Å²) in [5.41, 5.74) is 1.79. The lowest BCUT2D eigenvalue weighted by Crippen LogP contribution is -1.92. The molecule has 4 heteroatoms. The zero-order valence-corrected chi connectivity index (χ0v) is 7.27. The minimum absolute atomic E-state index is 0.438. The van der Waals surface area contributed by atoms with Gasteiger partial charge in [-0.3, -0.25) is 4.40 Å². The lowest BCUT2D eigenvalue weighted by Gasteiger charge is -1.97. The van der Waals surface area contributed by atoms with Crippen molar-refractivity contribution < 1.29 is 4.79 Å². The first kappa shape index (κ1) is 7.91. The van der Waals surface area contributed by atoms with Gasteiger partial charge in [0.2, 0.25) is 0 Å². The van der Waals surface area contributed by atoms with E-state index >= 15 is 0 Å². The molecule has 2 heterocycles. The molecule has 0 aliphatic heterocycles. The summed E-state index contributed by atoms with van der Waals surface area (Å²) in [4.78, 5) is 10.3. The van der Waals surface area contributed by atoms with E-state index in [0.29, 0.717) is 6.42 Å². The second-order valence-corrected chi connectivity index (χ2v) is 2.88. The number of hydrogen-bond donors (Lipinski definition) is 0. The van der Waals surface area contributed by atoms with E-state index in [2.05, 4.69) is 10.2 Å². The molecule has 0 saturated carbocycles. The van der Waals surface area contributed by atoms with Crippen molar-refractivity contribution in [2.45, 2.75) is 13.3 Å². The van der Waals surface area contributed by atoms with Gasteiger partial charge in [-0.1, -0.05) is 6.07 Å². The fraction of sp³-hybridized carbons (Fsp3) is 0.222.